The van der Waals surface area contributed by atoms with Crippen molar-refractivity contribution in [3.8, 4) is 11.5 Å². The molecule has 1 heterocycles. The highest BCUT2D eigenvalue weighted by Gasteiger charge is 2.21. The Morgan fingerprint density at radius 3 is 2.50 bits per heavy atom. The van der Waals surface area contributed by atoms with E-state index in [1.54, 1.807) is 24.3 Å². The first-order valence-electron chi connectivity index (χ1n) is 8.35. The molecule has 3 aromatic rings. The molecule has 0 aliphatic rings. The zero-order chi connectivity index (χ0) is 21.9. The van der Waals surface area contributed by atoms with Crippen molar-refractivity contribution in [1.82, 2.24) is 4.98 Å². The van der Waals surface area contributed by atoms with Gasteiger partial charge in [0.25, 0.3) is 10.1 Å². The molecule has 0 atom stereocenters. The number of oxazole rings is 1. The smallest absolute Gasteiger partial charge is 0.354 e. The first-order chi connectivity index (χ1) is 14.2. The summed E-state index contributed by atoms with van der Waals surface area (Å²) in [6.45, 7) is 0. The topological polar surface area (TPSA) is 145 Å². The molecule has 11 heteroatoms. The largest absolute Gasteiger partial charge is 0.466 e. The third kappa shape index (κ3) is 4.47. The normalized spacial score (nSPS) is 11.9. The van der Waals surface area contributed by atoms with Gasteiger partial charge in [0.05, 0.1) is 36.4 Å². The Labute approximate surface area is 170 Å². The lowest BCUT2D eigenvalue weighted by molar-refractivity contribution is -0.138. The van der Waals surface area contributed by atoms with Crippen LogP contribution in [-0.4, -0.2) is 44.1 Å². The van der Waals surface area contributed by atoms with Crippen LogP contribution < -0.4 is 5.32 Å². The summed E-state index contributed by atoms with van der Waals surface area (Å²) in [5.41, 5.74) is 0.944. The molecular weight excluding hydrogens is 416 g/mol. The molecule has 156 valence electrons. The van der Waals surface area contributed by atoms with Crippen molar-refractivity contribution in [2.45, 2.75) is 4.90 Å². The lowest BCUT2D eigenvalue weighted by atomic mass is 10.1. The molecule has 0 amide bonds. The van der Waals surface area contributed by atoms with E-state index in [0.717, 1.165) is 32.4 Å². The molecule has 0 unspecified atom stereocenters. The van der Waals surface area contributed by atoms with Crippen LogP contribution in [0.25, 0.3) is 22.6 Å². The number of anilines is 1. The summed E-state index contributed by atoms with van der Waals surface area (Å²) < 4.78 is 47.5. The van der Waals surface area contributed by atoms with Crippen LogP contribution in [0.4, 0.5) is 5.69 Å². The molecular formula is C19H16N2O8S. The van der Waals surface area contributed by atoms with Gasteiger partial charge in [-0.05, 0) is 30.3 Å². The number of ether oxygens (including phenoxy) is 2. The van der Waals surface area contributed by atoms with Crippen LogP contribution in [-0.2, 0) is 29.2 Å². The molecule has 0 spiro atoms. The predicted octanol–water partition coefficient (Wildman–Crippen LogP) is 2.38. The molecule has 0 aliphatic heterocycles. The maximum atomic E-state index is 12.0. The van der Waals surface area contributed by atoms with Crippen molar-refractivity contribution in [3.63, 3.8) is 0 Å². The molecule has 0 fully saturated rings. The van der Waals surface area contributed by atoms with E-state index in [1.165, 1.54) is 6.07 Å². The zero-order valence-electron chi connectivity index (χ0n) is 15.8. The van der Waals surface area contributed by atoms with Gasteiger partial charge in [0.15, 0.2) is 5.58 Å². The van der Waals surface area contributed by atoms with Crippen LogP contribution in [0.2, 0.25) is 0 Å². The minimum Gasteiger partial charge on any atom is -0.466 e. The van der Waals surface area contributed by atoms with Crippen LogP contribution in [0, 0.1) is 0 Å². The summed E-state index contributed by atoms with van der Waals surface area (Å²) in [5.74, 6) is -1.67. The Kier molecular flexibility index (Phi) is 5.85. The molecule has 0 saturated heterocycles. The van der Waals surface area contributed by atoms with Gasteiger partial charge in [0.2, 0.25) is 5.89 Å². The number of hydrogen-bond donors (Lipinski definition) is 2. The van der Waals surface area contributed by atoms with Crippen LogP contribution in [0.5, 0.6) is 0 Å². The van der Waals surface area contributed by atoms with E-state index < -0.39 is 27.0 Å². The Balaban J connectivity index is 2.17. The number of esters is 2. The van der Waals surface area contributed by atoms with E-state index >= 15 is 0 Å². The quantitative estimate of drug-likeness (QED) is 0.338. The van der Waals surface area contributed by atoms with E-state index in [0.29, 0.717) is 11.1 Å². The fourth-order valence-corrected chi connectivity index (χ4v) is 3.04. The second kappa shape index (κ2) is 8.35. The molecule has 0 radical (unpaired) electrons. The lowest BCUT2D eigenvalue weighted by Crippen LogP contribution is -2.16. The maximum Gasteiger partial charge on any atom is 0.354 e. The average Bonchev–Trinajstić information content (AvgIpc) is 3.16. The second-order valence-corrected chi connectivity index (χ2v) is 7.29. The molecule has 2 aromatic carbocycles. The Bertz CT molecular complexity index is 1230. The number of carbonyl (C=O) groups is 2. The summed E-state index contributed by atoms with van der Waals surface area (Å²) in [6.07, 6.45) is 0.873. The SMILES string of the molecule is COC(=O)/C=C(/Nc1ccc(S(=O)(=O)O)cc1-c1nc2ccccc2o1)C(=O)OC. The molecule has 1 aromatic heterocycles. The second-order valence-electron chi connectivity index (χ2n) is 5.87. The highest BCUT2D eigenvalue weighted by atomic mass is 32.2. The molecule has 0 aliphatic carbocycles. The molecule has 10 nitrogen and oxygen atoms in total. The number of fused-ring (bicyclic) bond motifs is 1. The summed E-state index contributed by atoms with van der Waals surface area (Å²) in [5, 5.41) is 2.69. The highest BCUT2D eigenvalue weighted by Crippen LogP contribution is 2.33. The third-order valence-electron chi connectivity index (χ3n) is 3.95. The number of nitrogens with zero attached hydrogens (tertiary/aromatic N) is 1. The van der Waals surface area contributed by atoms with Crippen molar-refractivity contribution >= 4 is 38.8 Å². The van der Waals surface area contributed by atoms with Crippen molar-refractivity contribution in [2.75, 3.05) is 19.5 Å². The summed E-state index contributed by atoms with van der Waals surface area (Å²) in [6, 6.07) is 10.4. The minimum absolute atomic E-state index is 0.0199. The third-order valence-corrected chi connectivity index (χ3v) is 4.80. The average molecular weight is 432 g/mol. The van der Waals surface area contributed by atoms with Crippen molar-refractivity contribution < 1.29 is 36.5 Å². The summed E-state index contributed by atoms with van der Waals surface area (Å²) in [4.78, 5) is 27.5. The van der Waals surface area contributed by atoms with Crippen LogP contribution in [0.15, 0.2) is 63.6 Å². The predicted molar refractivity (Wildman–Crippen MR) is 105 cm³/mol. The number of hydrogen-bond acceptors (Lipinski definition) is 9. The van der Waals surface area contributed by atoms with Crippen LogP contribution in [0.1, 0.15) is 0 Å². The number of aromatic nitrogens is 1. The molecule has 30 heavy (non-hydrogen) atoms. The van der Waals surface area contributed by atoms with Gasteiger partial charge in [0.1, 0.15) is 11.2 Å². The highest BCUT2D eigenvalue weighted by molar-refractivity contribution is 7.85. The van der Waals surface area contributed by atoms with E-state index in [2.05, 4.69) is 19.8 Å². The van der Waals surface area contributed by atoms with Gasteiger partial charge >= 0.3 is 11.9 Å². The van der Waals surface area contributed by atoms with Gasteiger partial charge in [-0.3, -0.25) is 4.55 Å². The lowest BCUT2D eigenvalue weighted by Gasteiger charge is -2.13. The van der Waals surface area contributed by atoms with Gasteiger partial charge in [-0.15, -0.1) is 0 Å². The van der Waals surface area contributed by atoms with Crippen LogP contribution >= 0.6 is 0 Å². The fraction of sp³-hybridized carbons (Fsp3) is 0.105. The number of benzene rings is 2. The van der Waals surface area contributed by atoms with Gasteiger partial charge < -0.3 is 19.2 Å². The standard InChI is InChI=1S/C19H16N2O8S/c1-27-17(22)10-15(19(23)28-2)20-13-8-7-11(30(24,25)26)9-12(13)18-21-14-5-3-4-6-16(14)29-18/h3-10,20H,1-2H3,(H,24,25,26)/b15-10+. The van der Waals surface area contributed by atoms with Crippen molar-refractivity contribution in [2.24, 2.45) is 0 Å². The van der Waals surface area contributed by atoms with Gasteiger partial charge in [-0.1, -0.05) is 12.1 Å². The van der Waals surface area contributed by atoms with Crippen molar-refractivity contribution in [3.05, 3.63) is 54.2 Å². The van der Waals surface area contributed by atoms with Crippen LogP contribution in [0.3, 0.4) is 0 Å². The Morgan fingerprint density at radius 1 is 1.13 bits per heavy atom. The number of rotatable bonds is 6. The number of para-hydroxylation sites is 2. The van der Waals surface area contributed by atoms with Gasteiger partial charge in [-0.2, -0.15) is 8.42 Å². The van der Waals surface area contributed by atoms with Crippen molar-refractivity contribution in [1.29, 1.82) is 0 Å². The van der Waals surface area contributed by atoms with Gasteiger partial charge in [-0.25, -0.2) is 14.6 Å². The summed E-state index contributed by atoms with van der Waals surface area (Å²) in [7, 11) is -2.27. The monoisotopic (exact) mass is 432 g/mol. The zero-order valence-corrected chi connectivity index (χ0v) is 16.6. The number of carbonyl (C=O) groups excluding carboxylic acids is 2. The van der Waals surface area contributed by atoms with E-state index in [4.69, 9.17) is 4.42 Å². The first kappa shape index (κ1) is 21.0. The van der Waals surface area contributed by atoms with E-state index in [9.17, 15) is 22.6 Å². The first-order valence-corrected chi connectivity index (χ1v) is 9.79. The number of methoxy groups -OCH3 is 2. The van der Waals surface area contributed by atoms with E-state index in [1.807, 2.05) is 0 Å². The van der Waals surface area contributed by atoms with E-state index in [-0.39, 0.29) is 22.8 Å². The number of nitrogens with one attached hydrogen (secondary N) is 1. The minimum atomic E-state index is -4.53. The molecule has 0 bridgehead atoms. The molecule has 3 rings (SSSR count). The van der Waals surface area contributed by atoms with Gasteiger partial charge in [0, 0.05) is 0 Å². The maximum absolute atomic E-state index is 12.0. The Morgan fingerprint density at radius 2 is 1.87 bits per heavy atom. The summed E-state index contributed by atoms with van der Waals surface area (Å²) >= 11 is 0. The Hall–Kier alpha value is -3.70. The fourth-order valence-electron chi connectivity index (χ4n) is 2.54. The molecule has 0 saturated carbocycles. The molecule has 2 N–H and O–H groups in total.